The van der Waals surface area contributed by atoms with E-state index in [0.717, 1.165) is 11.1 Å². The maximum Gasteiger partial charge on any atom is 0.412 e. The fourth-order valence-corrected chi connectivity index (χ4v) is 4.23. The summed E-state index contributed by atoms with van der Waals surface area (Å²) in [4.78, 5) is 33.6. The largest absolute Gasteiger partial charge is 0.505 e. The van der Waals surface area contributed by atoms with Gasteiger partial charge in [0.2, 0.25) is 0 Å². The first-order chi connectivity index (χ1) is 22.5. The van der Waals surface area contributed by atoms with Crippen LogP contribution >= 0.6 is 0 Å². The van der Waals surface area contributed by atoms with Gasteiger partial charge in [-0.3, -0.25) is 20.6 Å². The molecule has 0 bridgehead atoms. The zero-order valence-electron chi connectivity index (χ0n) is 24.9. The number of para-hydroxylation sites is 4. The monoisotopic (exact) mass is 809 g/mol. The number of nitrogens with one attached hydrogen (secondary N) is 2. The topological polar surface area (TPSA) is 142 Å². The number of hydrogen-bond acceptors (Lipinski definition) is 8. The minimum atomic E-state index is -0.709. The Bertz CT molecular complexity index is 1730. The van der Waals surface area contributed by atoms with Crippen LogP contribution in [0, 0.1) is 0 Å². The number of carbonyl (C=O) groups excluding carboxylic acids is 2. The van der Waals surface area contributed by atoms with Crippen molar-refractivity contribution >= 4 is 47.4 Å². The smallest absolute Gasteiger partial charge is 0.412 e. The Balaban J connectivity index is 0.00000500. The van der Waals surface area contributed by atoms with Crippen molar-refractivity contribution in [3.05, 3.63) is 144 Å². The quantitative estimate of drug-likeness (QED) is 0.0831. The van der Waals surface area contributed by atoms with Crippen LogP contribution in [0.5, 0.6) is 11.5 Å². The zero-order valence-corrected chi connectivity index (χ0v) is 27.1. The molecule has 0 aliphatic rings. The summed E-state index contributed by atoms with van der Waals surface area (Å²) < 4.78 is 10.5. The van der Waals surface area contributed by atoms with Crippen molar-refractivity contribution in [3.8, 4) is 11.5 Å². The molecule has 0 atom stereocenters. The van der Waals surface area contributed by atoms with Crippen LogP contribution in [0.3, 0.4) is 0 Å². The van der Waals surface area contributed by atoms with E-state index in [4.69, 9.17) is 9.47 Å². The van der Waals surface area contributed by atoms with Gasteiger partial charge in [0.25, 0.3) is 0 Å². The van der Waals surface area contributed by atoms with Gasteiger partial charge >= 0.3 is 12.2 Å². The number of rotatable bonds is 10. The van der Waals surface area contributed by atoms with E-state index in [-0.39, 0.29) is 57.2 Å². The van der Waals surface area contributed by atoms with E-state index in [9.17, 15) is 19.8 Å². The van der Waals surface area contributed by atoms with Gasteiger partial charge in [-0.1, -0.05) is 84.9 Å². The van der Waals surface area contributed by atoms with E-state index in [0.29, 0.717) is 22.5 Å². The van der Waals surface area contributed by atoms with Crippen LogP contribution < -0.4 is 10.6 Å². The SMILES string of the molecule is O=C(Nc1cccc(C=Nc2ccccc2N=Cc2cccc(NC(=O)OCc3ccccc3)c2O)c1O)OCc1ccccc1.[Pt]. The van der Waals surface area contributed by atoms with Crippen LogP contribution in [0.4, 0.5) is 32.3 Å². The second-order valence-corrected chi connectivity index (χ2v) is 9.87. The first-order valence-electron chi connectivity index (χ1n) is 14.2. The van der Waals surface area contributed by atoms with Gasteiger partial charge in [0.05, 0.1) is 22.7 Å². The van der Waals surface area contributed by atoms with Crippen LogP contribution in [-0.2, 0) is 43.8 Å². The molecule has 47 heavy (non-hydrogen) atoms. The van der Waals surface area contributed by atoms with E-state index in [1.807, 2.05) is 60.7 Å². The maximum atomic E-state index is 12.3. The molecule has 2 amide bonds. The molecule has 5 rings (SSSR count). The molecule has 0 aliphatic heterocycles. The van der Waals surface area contributed by atoms with Gasteiger partial charge < -0.3 is 19.7 Å². The van der Waals surface area contributed by atoms with Gasteiger partial charge in [-0.25, -0.2) is 9.59 Å². The average molecular weight is 810 g/mol. The molecule has 11 heteroatoms. The van der Waals surface area contributed by atoms with Gasteiger partial charge in [-0.15, -0.1) is 0 Å². The minimum absolute atomic E-state index is 0. The summed E-state index contributed by atoms with van der Waals surface area (Å²) in [5, 5.41) is 26.7. The second kappa shape index (κ2) is 17.1. The Morgan fingerprint density at radius 1 is 0.553 bits per heavy atom. The molecule has 0 unspecified atom stereocenters. The van der Waals surface area contributed by atoms with E-state index >= 15 is 0 Å². The van der Waals surface area contributed by atoms with Crippen molar-refractivity contribution in [2.45, 2.75) is 13.2 Å². The number of anilines is 2. The van der Waals surface area contributed by atoms with Gasteiger partial charge in [-0.05, 0) is 47.5 Å². The van der Waals surface area contributed by atoms with Crippen LogP contribution in [-0.4, -0.2) is 34.8 Å². The summed E-state index contributed by atoms with van der Waals surface area (Å²) in [5.41, 5.74) is 3.69. The third-order valence-corrected chi connectivity index (χ3v) is 6.60. The van der Waals surface area contributed by atoms with E-state index in [1.165, 1.54) is 12.4 Å². The van der Waals surface area contributed by atoms with Crippen molar-refractivity contribution in [1.29, 1.82) is 0 Å². The number of hydrogen-bond donors (Lipinski definition) is 4. The minimum Gasteiger partial charge on any atom is -0.505 e. The van der Waals surface area contributed by atoms with Crippen molar-refractivity contribution in [2.75, 3.05) is 10.6 Å². The predicted molar refractivity (Wildman–Crippen MR) is 178 cm³/mol. The Hall–Kier alpha value is -5.73. The van der Waals surface area contributed by atoms with Crippen molar-refractivity contribution in [2.24, 2.45) is 9.98 Å². The second-order valence-electron chi connectivity index (χ2n) is 9.87. The number of carbonyl (C=O) groups is 2. The normalized spacial score (nSPS) is 10.7. The summed E-state index contributed by atoms with van der Waals surface area (Å²) in [6, 6.07) is 35.3. The van der Waals surface area contributed by atoms with Crippen molar-refractivity contribution in [1.82, 2.24) is 0 Å². The molecule has 0 saturated heterocycles. The Labute approximate surface area is 285 Å². The van der Waals surface area contributed by atoms with E-state index in [2.05, 4.69) is 20.6 Å². The number of ether oxygens (including phenoxy) is 2. The van der Waals surface area contributed by atoms with Crippen LogP contribution in [0.25, 0.3) is 0 Å². The molecule has 0 aromatic heterocycles. The van der Waals surface area contributed by atoms with E-state index in [1.54, 1.807) is 60.7 Å². The molecule has 0 fully saturated rings. The molecule has 240 valence electrons. The average Bonchev–Trinajstić information content (AvgIpc) is 3.08. The molecule has 0 heterocycles. The van der Waals surface area contributed by atoms with Crippen molar-refractivity contribution in [3.63, 3.8) is 0 Å². The Morgan fingerprint density at radius 2 is 0.936 bits per heavy atom. The standard InChI is InChI=1S/C36H30N4O6.Pt/c41-33-27(15-9-19-31(33)39-35(43)45-23-25-11-3-1-4-12-25)21-37-29-17-7-8-18-30(29)38-22-28-16-10-20-32(34(28)42)40-36(44)46-24-26-13-5-2-6-14-26;/h1-22,41-42H,23-24H2,(H,39,43)(H,40,44);. The van der Waals surface area contributed by atoms with Gasteiger partial charge in [-0.2, -0.15) is 0 Å². The molecule has 10 nitrogen and oxygen atoms in total. The van der Waals surface area contributed by atoms with Crippen molar-refractivity contribution < 1.29 is 50.3 Å². The number of amides is 2. The zero-order chi connectivity index (χ0) is 32.1. The summed E-state index contributed by atoms with van der Waals surface area (Å²) in [7, 11) is 0. The Kier molecular flexibility index (Phi) is 12.4. The Morgan fingerprint density at radius 3 is 1.34 bits per heavy atom. The molecule has 4 N–H and O–H groups in total. The third-order valence-electron chi connectivity index (χ3n) is 6.60. The fourth-order valence-electron chi connectivity index (χ4n) is 4.23. The van der Waals surface area contributed by atoms with Gasteiger partial charge in [0.1, 0.15) is 24.7 Å². The molecule has 0 aliphatic carbocycles. The van der Waals surface area contributed by atoms with Crippen LogP contribution in [0.1, 0.15) is 22.3 Å². The number of benzene rings is 5. The number of aromatic hydroxyl groups is 2. The molecule has 5 aromatic carbocycles. The number of phenolic OH excluding ortho intramolecular Hbond substituents is 2. The summed E-state index contributed by atoms with van der Waals surface area (Å²) in [5.74, 6) is -0.360. The molecular formula is C36H30N4O6Pt. The number of nitrogens with zero attached hydrogens (tertiary/aromatic N) is 2. The third kappa shape index (κ3) is 9.88. The molecule has 0 radical (unpaired) electrons. The molecular weight excluding hydrogens is 779 g/mol. The summed E-state index contributed by atoms with van der Waals surface area (Å²) in [6.07, 6.45) is 1.49. The van der Waals surface area contributed by atoms with Gasteiger partial charge in [0.15, 0.2) is 0 Å². The first-order valence-corrected chi connectivity index (χ1v) is 14.2. The maximum absolute atomic E-state index is 12.3. The van der Waals surface area contributed by atoms with Crippen LogP contribution in [0.15, 0.2) is 131 Å². The molecule has 0 spiro atoms. The predicted octanol–water partition coefficient (Wildman–Crippen LogP) is 8.09. The summed E-state index contributed by atoms with van der Waals surface area (Å²) in [6.45, 7) is 0.178. The molecule has 0 saturated carbocycles. The molecule has 5 aromatic rings. The van der Waals surface area contributed by atoms with Gasteiger partial charge in [0, 0.05) is 44.6 Å². The first kappa shape index (κ1) is 34.1. The number of aliphatic imine (C=N–C) groups is 2. The van der Waals surface area contributed by atoms with E-state index < -0.39 is 12.2 Å². The van der Waals surface area contributed by atoms with Crippen LogP contribution in [0.2, 0.25) is 0 Å². The summed E-state index contributed by atoms with van der Waals surface area (Å²) >= 11 is 0. The number of phenols is 2. The fraction of sp³-hybridized carbons (Fsp3) is 0.0556.